The standard InChI is InChI=1S/C33H21F16N/c1-3-5-50(6-4-2)20(21-12(34)7-16(38)25(42)29(21)46)11-33(22-13(35)8-17(39)26(43)30(22)47,23-14(36)9-18(40)27(44)31(23)48)24-15(37)10-19(41)28(45)32(24)49/h7-10,20H,3-6,11H2,1-2H3. The highest BCUT2D eigenvalue weighted by atomic mass is 19.2. The van der Waals surface area contributed by atoms with Gasteiger partial charge in [-0.25, -0.2) is 70.2 Å². The topological polar surface area (TPSA) is 3.24 Å². The Hall–Kier alpha value is -4.28. The van der Waals surface area contributed by atoms with Gasteiger partial charge in [0.1, 0.15) is 23.3 Å². The summed E-state index contributed by atoms with van der Waals surface area (Å²) in [6, 6.07) is -4.46. The Morgan fingerprint density at radius 1 is 0.420 bits per heavy atom. The molecule has 0 aliphatic rings. The van der Waals surface area contributed by atoms with Crippen molar-refractivity contribution in [3.05, 3.63) is 140 Å². The fraction of sp³-hybridized carbons (Fsp3) is 0.273. The molecule has 0 aliphatic heterocycles. The van der Waals surface area contributed by atoms with Gasteiger partial charge in [0.05, 0.1) is 5.41 Å². The van der Waals surface area contributed by atoms with E-state index in [0.29, 0.717) is 0 Å². The molecule has 17 heteroatoms. The molecule has 0 aromatic heterocycles. The van der Waals surface area contributed by atoms with Gasteiger partial charge in [-0.3, -0.25) is 4.90 Å². The second kappa shape index (κ2) is 14.5. The Morgan fingerprint density at radius 3 is 1.04 bits per heavy atom. The zero-order valence-electron chi connectivity index (χ0n) is 25.4. The lowest BCUT2D eigenvalue weighted by molar-refractivity contribution is 0.157. The molecule has 0 saturated carbocycles. The third-order valence-corrected chi connectivity index (χ3v) is 8.07. The third-order valence-electron chi connectivity index (χ3n) is 8.07. The fourth-order valence-corrected chi connectivity index (χ4v) is 6.14. The highest BCUT2D eigenvalue weighted by Gasteiger charge is 2.53. The highest BCUT2D eigenvalue weighted by molar-refractivity contribution is 5.55. The minimum absolute atomic E-state index is 0.0495. The van der Waals surface area contributed by atoms with Crippen molar-refractivity contribution in [3.63, 3.8) is 0 Å². The lowest BCUT2D eigenvalue weighted by Crippen LogP contribution is -2.43. The van der Waals surface area contributed by atoms with E-state index in [0.717, 1.165) is 4.90 Å². The fourth-order valence-electron chi connectivity index (χ4n) is 6.14. The minimum atomic E-state index is -4.41. The van der Waals surface area contributed by atoms with Gasteiger partial charge in [0.25, 0.3) is 0 Å². The summed E-state index contributed by atoms with van der Waals surface area (Å²) >= 11 is 0. The van der Waals surface area contributed by atoms with Crippen molar-refractivity contribution in [1.82, 2.24) is 4.90 Å². The molecule has 4 aromatic carbocycles. The van der Waals surface area contributed by atoms with Crippen LogP contribution in [0.25, 0.3) is 0 Å². The summed E-state index contributed by atoms with van der Waals surface area (Å²) < 4.78 is 243. The van der Waals surface area contributed by atoms with E-state index in [1.807, 2.05) is 0 Å². The van der Waals surface area contributed by atoms with Crippen LogP contribution in [0.15, 0.2) is 24.3 Å². The number of benzene rings is 4. The second-order valence-electron chi connectivity index (χ2n) is 11.1. The van der Waals surface area contributed by atoms with E-state index in [1.165, 1.54) is 13.8 Å². The summed E-state index contributed by atoms with van der Waals surface area (Å²) in [5.74, 6) is -40.6. The molecule has 4 rings (SSSR count). The summed E-state index contributed by atoms with van der Waals surface area (Å²) in [4.78, 5) is 0.856. The predicted molar refractivity (Wildman–Crippen MR) is 144 cm³/mol. The number of rotatable bonds is 11. The Morgan fingerprint density at radius 2 is 0.720 bits per heavy atom. The van der Waals surface area contributed by atoms with Crippen LogP contribution in [0, 0.1) is 93.1 Å². The Labute approximate surface area is 272 Å². The molecule has 270 valence electrons. The molecular weight excluding hydrogens is 714 g/mol. The average Bonchev–Trinajstić information content (AvgIpc) is 3.03. The molecular formula is C33H21F16N. The van der Waals surface area contributed by atoms with Crippen molar-refractivity contribution in [2.24, 2.45) is 0 Å². The van der Waals surface area contributed by atoms with Crippen LogP contribution in [0.3, 0.4) is 0 Å². The number of nitrogens with zero attached hydrogens (tertiary/aromatic N) is 1. The summed E-state index contributed by atoms with van der Waals surface area (Å²) in [6.07, 6.45) is -2.19. The van der Waals surface area contributed by atoms with Gasteiger partial charge in [0, 0.05) is 52.6 Å². The molecule has 1 nitrogen and oxygen atoms in total. The van der Waals surface area contributed by atoms with Gasteiger partial charge in [-0.05, 0) is 32.4 Å². The van der Waals surface area contributed by atoms with Crippen molar-refractivity contribution < 1.29 is 70.2 Å². The first kappa shape index (κ1) is 38.5. The van der Waals surface area contributed by atoms with Crippen LogP contribution in [0.1, 0.15) is 61.4 Å². The lowest BCUT2D eigenvalue weighted by atomic mass is 9.63. The molecule has 4 aromatic rings. The normalized spacial score (nSPS) is 12.7. The molecule has 50 heavy (non-hydrogen) atoms. The van der Waals surface area contributed by atoms with Crippen LogP contribution < -0.4 is 0 Å². The molecule has 0 N–H and O–H groups in total. The molecule has 1 unspecified atom stereocenters. The quantitative estimate of drug-likeness (QED) is 0.0642. The Kier molecular flexibility index (Phi) is 11.2. The Balaban J connectivity index is 2.43. The van der Waals surface area contributed by atoms with Crippen molar-refractivity contribution in [2.45, 2.75) is 44.6 Å². The minimum Gasteiger partial charge on any atom is -0.296 e. The number of halogens is 16. The van der Waals surface area contributed by atoms with Gasteiger partial charge in [-0.15, -0.1) is 0 Å². The van der Waals surface area contributed by atoms with Crippen LogP contribution in [0.5, 0.6) is 0 Å². The van der Waals surface area contributed by atoms with Crippen molar-refractivity contribution in [1.29, 1.82) is 0 Å². The zero-order valence-corrected chi connectivity index (χ0v) is 25.4. The zero-order chi connectivity index (χ0) is 37.6. The van der Waals surface area contributed by atoms with Gasteiger partial charge in [0.15, 0.2) is 69.8 Å². The van der Waals surface area contributed by atoms with E-state index < -0.39 is 164 Å². The predicted octanol–water partition coefficient (Wildman–Crippen LogP) is 10.5. The summed E-state index contributed by atoms with van der Waals surface area (Å²) in [5.41, 5.74) is -13.2. The lowest BCUT2D eigenvalue weighted by Gasteiger charge is -2.43. The Bertz CT molecular complexity index is 1800. The van der Waals surface area contributed by atoms with Crippen LogP contribution in [0.4, 0.5) is 70.2 Å². The maximum atomic E-state index is 15.9. The number of hydrogen-bond acceptors (Lipinski definition) is 1. The largest absolute Gasteiger partial charge is 0.296 e. The maximum Gasteiger partial charge on any atom is 0.194 e. The number of hydrogen-bond donors (Lipinski definition) is 0. The maximum absolute atomic E-state index is 15.9. The van der Waals surface area contributed by atoms with E-state index in [-0.39, 0.29) is 18.9 Å². The van der Waals surface area contributed by atoms with Gasteiger partial charge in [-0.1, -0.05) is 13.8 Å². The highest BCUT2D eigenvalue weighted by Crippen LogP contribution is 2.53. The molecule has 0 heterocycles. The van der Waals surface area contributed by atoms with Crippen LogP contribution in [0.2, 0.25) is 0 Å². The average molecular weight is 736 g/mol. The van der Waals surface area contributed by atoms with Gasteiger partial charge < -0.3 is 0 Å². The third kappa shape index (κ3) is 6.28. The van der Waals surface area contributed by atoms with Crippen molar-refractivity contribution in [3.8, 4) is 0 Å². The van der Waals surface area contributed by atoms with Crippen LogP contribution >= 0.6 is 0 Å². The SMILES string of the molecule is CCCN(CCC)C(CC(c1c(F)cc(F)c(F)c1F)(c1c(F)cc(F)c(F)c1F)c1c(F)cc(F)c(F)c1F)c1c(F)cc(F)c(F)c1F. The van der Waals surface area contributed by atoms with E-state index in [2.05, 4.69) is 0 Å². The summed E-state index contributed by atoms with van der Waals surface area (Å²) in [5, 5.41) is 0. The summed E-state index contributed by atoms with van der Waals surface area (Å²) in [6.45, 7) is 1.95. The van der Waals surface area contributed by atoms with Crippen LogP contribution in [-0.4, -0.2) is 18.0 Å². The van der Waals surface area contributed by atoms with Crippen LogP contribution in [-0.2, 0) is 5.41 Å². The van der Waals surface area contributed by atoms with Crippen molar-refractivity contribution in [2.75, 3.05) is 13.1 Å². The molecule has 0 saturated heterocycles. The smallest absolute Gasteiger partial charge is 0.194 e. The molecule has 0 fully saturated rings. The second-order valence-corrected chi connectivity index (χ2v) is 11.1. The molecule has 0 spiro atoms. The molecule has 0 amide bonds. The van der Waals surface area contributed by atoms with E-state index in [4.69, 9.17) is 0 Å². The van der Waals surface area contributed by atoms with E-state index in [9.17, 15) is 35.1 Å². The first-order valence-corrected chi connectivity index (χ1v) is 14.4. The van der Waals surface area contributed by atoms with E-state index in [1.54, 1.807) is 0 Å². The van der Waals surface area contributed by atoms with Gasteiger partial charge in [0.2, 0.25) is 0 Å². The monoisotopic (exact) mass is 735 g/mol. The molecule has 0 bridgehead atoms. The van der Waals surface area contributed by atoms with Gasteiger partial charge >= 0.3 is 0 Å². The van der Waals surface area contributed by atoms with E-state index >= 15 is 35.1 Å². The molecule has 0 radical (unpaired) electrons. The molecule has 1 atom stereocenters. The summed E-state index contributed by atoms with van der Waals surface area (Å²) in [7, 11) is 0. The first-order valence-electron chi connectivity index (χ1n) is 14.4. The van der Waals surface area contributed by atoms with Crippen molar-refractivity contribution >= 4 is 0 Å². The molecule has 0 aliphatic carbocycles. The van der Waals surface area contributed by atoms with Gasteiger partial charge in [-0.2, -0.15) is 0 Å². The first-order chi connectivity index (χ1) is 23.4.